The van der Waals surface area contributed by atoms with E-state index in [1.807, 2.05) is 10.9 Å². The largest absolute Gasteiger partial charge is 0.372 e. The van der Waals surface area contributed by atoms with Gasteiger partial charge >= 0.3 is 0 Å². The fourth-order valence-electron chi connectivity index (χ4n) is 2.37. The van der Waals surface area contributed by atoms with Crippen LogP contribution in [0.5, 0.6) is 0 Å². The zero-order valence-corrected chi connectivity index (χ0v) is 11.7. The highest BCUT2D eigenvalue weighted by Crippen LogP contribution is 2.20. The first-order valence-electron chi connectivity index (χ1n) is 6.98. The van der Waals surface area contributed by atoms with Gasteiger partial charge in [0.1, 0.15) is 0 Å². The monoisotopic (exact) mass is 251 g/mol. The van der Waals surface area contributed by atoms with Crippen molar-refractivity contribution in [1.82, 2.24) is 15.1 Å². The molecule has 0 aliphatic carbocycles. The van der Waals surface area contributed by atoms with E-state index >= 15 is 0 Å². The van der Waals surface area contributed by atoms with Crippen molar-refractivity contribution in [2.45, 2.75) is 52.4 Å². The molecule has 1 aromatic heterocycles. The SMILES string of the molecule is Cc1cnn(CC2CCC(CNCC(C)C)O2)c1. The van der Waals surface area contributed by atoms with Crippen LogP contribution in [0.25, 0.3) is 0 Å². The molecule has 0 radical (unpaired) electrons. The van der Waals surface area contributed by atoms with Crippen molar-refractivity contribution in [3.05, 3.63) is 18.0 Å². The fraction of sp³-hybridized carbons (Fsp3) is 0.786. The van der Waals surface area contributed by atoms with Crippen LogP contribution in [0.1, 0.15) is 32.3 Å². The van der Waals surface area contributed by atoms with Crippen LogP contribution in [0.4, 0.5) is 0 Å². The van der Waals surface area contributed by atoms with Crippen LogP contribution in [-0.2, 0) is 11.3 Å². The Morgan fingerprint density at radius 3 is 2.89 bits per heavy atom. The predicted molar refractivity (Wildman–Crippen MR) is 72.6 cm³/mol. The zero-order valence-electron chi connectivity index (χ0n) is 11.7. The fourth-order valence-corrected chi connectivity index (χ4v) is 2.37. The maximum absolute atomic E-state index is 6.03. The van der Waals surface area contributed by atoms with Gasteiger partial charge in [0.2, 0.25) is 0 Å². The minimum absolute atomic E-state index is 0.329. The number of nitrogens with zero attached hydrogens (tertiary/aromatic N) is 2. The van der Waals surface area contributed by atoms with Gasteiger partial charge in [0.25, 0.3) is 0 Å². The standard InChI is InChI=1S/C14H25N3O/c1-11(2)6-15-8-13-4-5-14(18-13)10-17-9-12(3)7-16-17/h7,9,11,13-15H,4-6,8,10H2,1-3H3. The van der Waals surface area contributed by atoms with Crippen LogP contribution in [0.15, 0.2) is 12.4 Å². The van der Waals surface area contributed by atoms with Gasteiger partial charge in [-0.25, -0.2) is 0 Å². The number of aromatic nitrogens is 2. The molecule has 2 unspecified atom stereocenters. The van der Waals surface area contributed by atoms with Gasteiger partial charge in [0, 0.05) is 12.7 Å². The molecule has 4 heteroatoms. The molecule has 4 nitrogen and oxygen atoms in total. The van der Waals surface area contributed by atoms with Crippen molar-refractivity contribution in [1.29, 1.82) is 0 Å². The molecule has 2 heterocycles. The van der Waals surface area contributed by atoms with Gasteiger partial charge in [0.05, 0.1) is 24.9 Å². The zero-order chi connectivity index (χ0) is 13.0. The lowest BCUT2D eigenvalue weighted by atomic mass is 10.2. The highest BCUT2D eigenvalue weighted by atomic mass is 16.5. The van der Waals surface area contributed by atoms with Crippen molar-refractivity contribution < 1.29 is 4.74 Å². The Balaban J connectivity index is 1.68. The second-order valence-electron chi connectivity index (χ2n) is 5.75. The quantitative estimate of drug-likeness (QED) is 0.840. The lowest BCUT2D eigenvalue weighted by Crippen LogP contribution is -2.30. The van der Waals surface area contributed by atoms with Crippen LogP contribution in [0.2, 0.25) is 0 Å². The van der Waals surface area contributed by atoms with E-state index in [0.29, 0.717) is 18.1 Å². The number of ether oxygens (including phenoxy) is 1. The molecule has 1 aliphatic heterocycles. The Hall–Kier alpha value is -0.870. The number of hydrogen-bond acceptors (Lipinski definition) is 3. The van der Waals surface area contributed by atoms with Crippen molar-refractivity contribution in [2.24, 2.45) is 5.92 Å². The van der Waals surface area contributed by atoms with Crippen molar-refractivity contribution in [2.75, 3.05) is 13.1 Å². The van der Waals surface area contributed by atoms with E-state index in [4.69, 9.17) is 4.74 Å². The Morgan fingerprint density at radius 2 is 2.22 bits per heavy atom. The Kier molecular flexibility index (Phi) is 4.78. The summed E-state index contributed by atoms with van der Waals surface area (Å²) >= 11 is 0. The van der Waals surface area contributed by atoms with Crippen LogP contribution >= 0.6 is 0 Å². The third kappa shape index (κ3) is 4.10. The maximum atomic E-state index is 6.03. The molecular formula is C14H25N3O. The van der Waals surface area contributed by atoms with Crippen molar-refractivity contribution in [3.8, 4) is 0 Å². The lowest BCUT2D eigenvalue weighted by Gasteiger charge is -2.15. The minimum Gasteiger partial charge on any atom is -0.372 e. The highest BCUT2D eigenvalue weighted by Gasteiger charge is 2.25. The van der Waals surface area contributed by atoms with Crippen molar-refractivity contribution in [3.63, 3.8) is 0 Å². The molecule has 2 atom stereocenters. The Bertz CT molecular complexity index is 362. The number of rotatable bonds is 6. The Labute approximate surface area is 110 Å². The first-order chi connectivity index (χ1) is 8.63. The summed E-state index contributed by atoms with van der Waals surface area (Å²) in [6, 6.07) is 0. The average Bonchev–Trinajstić information content (AvgIpc) is 2.89. The van der Waals surface area contributed by atoms with E-state index in [2.05, 4.69) is 37.4 Å². The molecule has 1 saturated heterocycles. The summed E-state index contributed by atoms with van der Waals surface area (Å²) in [5.74, 6) is 0.703. The first kappa shape index (κ1) is 13.6. The summed E-state index contributed by atoms with van der Waals surface area (Å²) in [5.41, 5.74) is 1.21. The molecule has 1 aromatic rings. The second-order valence-corrected chi connectivity index (χ2v) is 5.75. The van der Waals surface area contributed by atoms with Crippen LogP contribution in [0, 0.1) is 12.8 Å². The molecule has 2 rings (SSSR count). The van der Waals surface area contributed by atoms with Crippen LogP contribution < -0.4 is 5.32 Å². The molecule has 0 saturated carbocycles. The summed E-state index contributed by atoms with van der Waals surface area (Å²) < 4.78 is 8.02. The van der Waals surface area contributed by atoms with Gasteiger partial charge in [-0.2, -0.15) is 5.10 Å². The number of nitrogens with one attached hydrogen (secondary N) is 1. The topological polar surface area (TPSA) is 39.1 Å². The first-order valence-corrected chi connectivity index (χ1v) is 6.98. The van der Waals surface area contributed by atoms with Gasteiger partial charge in [-0.1, -0.05) is 13.8 Å². The van der Waals surface area contributed by atoms with Crippen molar-refractivity contribution >= 4 is 0 Å². The molecular weight excluding hydrogens is 226 g/mol. The van der Waals surface area contributed by atoms with E-state index in [9.17, 15) is 0 Å². The molecule has 0 spiro atoms. The maximum Gasteiger partial charge on any atom is 0.0776 e. The van der Waals surface area contributed by atoms with E-state index in [0.717, 1.165) is 32.5 Å². The third-order valence-corrected chi connectivity index (χ3v) is 3.27. The molecule has 0 aromatic carbocycles. The van der Waals surface area contributed by atoms with Crippen LogP contribution in [-0.4, -0.2) is 35.1 Å². The van der Waals surface area contributed by atoms with Gasteiger partial charge in [-0.15, -0.1) is 0 Å². The molecule has 1 aliphatic rings. The molecule has 1 fully saturated rings. The van der Waals surface area contributed by atoms with E-state index in [-0.39, 0.29) is 0 Å². The summed E-state index contributed by atoms with van der Waals surface area (Å²) in [6.07, 6.45) is 6.99. The molecule has 0 amide bonds. The molecule has 0 bridgehead atoms. The lowest BCUT2D eigenvalue weighted by molar-refractivity contribution is 0.0340. The van der Waals surface area contributed by atoms with Gasteiger partial charge in [-0.3, -0.25) is 4.68 Å². The normalized spacial score (nSPS) is 24.0. The van der Waals surface area contributed by atoms with Gasteiger partial charge in [0.15, 0.2) is 0 Å². The third-order valence-electron chi connectivity index (χ3n) is 3.27. The number of aryl methyl sites for hydroxylation is 1. The van der Waals surface area contributed by atoms with E-state index in [1.54, 1.807) is 0 Å². The van der Waals surface area contributed by atoms with Crippen LogP contribution in [0.3, 0.4) is 0 Å². The summed E-state index contributed by atoms with van der Waals surface area (Å²) in [6.45, 7) is 9.46. The summed E-state index contributed by atoms with van der Waals surface area (Å²) in [4.78, 5) is 0. The number of hydrogen-bond donors (Lipinski definition) is 1. The molecule has 1 N–H and O–H groups in total. The smallest absolute Gasteiger partial charge is 0.0776 e. The minimum atomic E-state index is 0.329. The highest BCUT2D eigenvalue weighted by molar-refractivity contribution is 4.99. The summed E-state index contributed by atoms with van der Waals surface area (Å²) in [7, 11) is 0. The Morgan fingerprint density at radius 1 is 1.44 bits per heavy atom. The van der Waals surface area contributed by atoms with Gasteiger partial charge in [-0.05, 0) is 37.8 Å². The molecule has 18 heavy (non-hydrogen) atoms. The predicted octanol–water partition coefficient (Wildman–Crippen LogP) is 1.98. The van der Waals surface area contributed by atoms with Gasteiger partial charge < -0.3 is 10.1 Å². The average molecular weight is 251 g/mol. The van der Waals surface area contributed by atoms with E-state index in [1.165, 1.54) is 5.56 Å². The summed E-state index contributed by atoms with van der Waals surface area (Å²) in [5, 5.41) is 7.78. The van der Waals surface area contributed by atoms with E-state index < -0.39 is 0 Å². The second kappa shape index (κ2) is 6.34. The molecule has 102 valence electrons.